The Kier molecular flexibility index (Phi) is 4.95. The van der Waals surface area contributed by atoms with Gasteiger partial charge in [-0.15, -0.1) is 0 Å². The lowest BCUT2D eigenvalue weighted by Gasteiger charge is -2.09. The van der Waals surface area contributed by atoms with Crippen LogP contribution in [-0.4, -0.2) is 29.6 Å². The molecule has 5 N–H and O–H groups in total. The van der Waals surface area contributed by atoms with Crippen molar-refractivity contribution in [2.24, 2.45) is 5.73 Å². The van der Waals surface area contributed by atoms with E-state index in [9.17, 15) is 23.2 Å². The number of hydrogen-bond donors (Lipinski definition) is 4. The van der Waals surface area contributed by atoms with Crippen LogP contribution >= 0.6 is 0 Å². The van der Waals surface area contributed by atoms with Crippen molar-refractivity contribution in [2.75, 3.05) is 11.9 Å². The molecule has 0 saturated carbocycles. The van der Waals surface area contributed by atoms with E-state index in [1.54, 1.807) is 0 Å². The van der Waals surface area contributed by atoms with Gasteiger partial charge in [-0.2, -0.15) is 0 Å². The molecule has 1 rings (SSSR count). The Balaban J connectivity index is 2.76. The standard InChI is InChI=1S/C11H11F2N3O4/c12-6-4-7(13)8(3-5(6)10(18)19)16-11(20)15-2-1-9(14)17/h3-4H,1-2H2,(H2,14,17)(H,18,19)(H2,15,16,20). The number of anilines is 1. The lowest BCUT2D eigenvalue weighted by molar-refractivity contribution is -0.117. The highest BCUT2D eigenvalue weighted by atomic mass is 19.1. The lowest BCUT2D eigenvalue weighted by Crippen LogP contribution is -2.32. The first-order valence-corrected chi connectivity index (χ1v) is 5.36. The van der Waals surface area contributed by atoms with Gasteiger partial charge in [-0.1, -0.05) is 0 Å². The van der Waals surface area contributed by atoms with E-state index in [4.69, 9.17) is 10.8 Å². The number of rotatable bonds is 5. The maximum Gasteiger partial charge on any atom is 0.338 e. The van der Waals surface area contributed by atoms with Gasteiger partial charge in [0.25, 0.3) is 0 Å². The van der Waals surface area contributed by atoms with E-state index in [1.807, 2.05) is 5.32 Å². The summed E-state index contributed by atoms with van der Waals surface area (Å²) in [5.74, 6) is -4.61. The number of carbonyl (C=O) groups is 3. The number of carbonyl (C=O) groups excluding carboxylic acids is 2. The zero-order chi connectivity index (χ0) is 15.3. The molecule has 0 aliphatic heterocycles. The van der Waals surface area contributed by atoms with Crippen LogP contribution in [0.3, 0.4) is 0 Å². The van der Waals surface area contributed by atoms with E-state index >= 15 is 0 Å². The molecular weight excluding hydrogens is 276 g/mol. The molecule has 0 aliphatic rings. The van der Waals surface area contributed by atoms with Crippen LogP contribution < -0.4 is 16.4 Å². The highest BCUT2D eigenvalue weighted by Gasteiger charge is 2.16. The third-order valence-electron chi connectivity index (χ3n) is 2.19. The second-order valence-corrected chi connectivity index (χ2v) is 3.71. The van der Waals surface area contributed by atoms with E-state index in [0.29, 0.717) is 12.1 Å². The summed E-state index contributed by atoms with van der Waals surface area (Å²) in [7, 11) is 0. The fraction of sp³-hybridized carbons (Fsp3) is 0.182. The number of primary amides is 1. The Morgan fingerprint density at radius 1 is 1.20 bits per heavy atom. The summed E-state index contributed by atoms with van der Waals surface area (Å²) < 4.78 is 26.5. The first-order valence-electron chi connectivity index (χ1n) is 5.36. The van der Waals surface area contributed by atoms with E-state index in [2.05, 4.69) is 5.32 Å². The lowest BCUT2D eigenvalue weighted by atomic mass is 10.2. The summed E-state index contributed by atoms with van der Waals surface area (Å²) in [4.78, 5) is 32.4. The number of aromatic carboxylic acids is 1. The Hall–Kier alpha value is -2.71. The SMILES string of the molecule is NC(=O)CCNC(=O)Nc1cc(C(=O)O)c(F)cc1F. The molecular formula is C11H11F2N3O4. The van der Waals surface area contributed by atoms with Crippen LogP contribution in [0.15, 0.2) is 12.1 Å². The van der Waals surface area contributed by atoms with Gasteiger partial charge in [0.05, 0.1) is 11.3 Å². The molecule has 0 aromatic heterocycles. The van der Waals surface area contributed by atoms with Crippen LogP contribution in [0.1, 0.15) is 16.8 Å². The van der Waals surface area contributed by atoms with Gasteiger partial charge >= 0.3 is 12.0 Å². The number of amides is 3. The zero-order valence-corrected chi connectivity index (χ0v) is 10.1. The maximum atomic E-state index is 13.4. The van der Waals surface area contributed by atoms with Crippen molar-refractivity contribution in [1.82, 2.24) is 5.32 Å². The minimum absolute atomic E-state index is 0.0736. The van der Waals surface area contributed by atoms with Gasteiger partial charge < -0.3 is 21.5 Å². The number of nitrogens with two attached hydrogens (primary N) is 1. The Morgan fingerprint density at radius 2 is 1.85 bits per heavy atom. The predicted molar refractivity (Wildman–Crippen MR) is 64.2 cm³/mol. The van der Waals surface area contributed by atoms with E-state index in [-0.39, 0.29) is 13.0 Å². The number of carboxylic acid groups (broad SMARTS) is 1. The van der Waals surface area contributed by atoms with Gasteiger partial charge in [-0.05, 0) is 6.07 Å². The smallest absolute Gasteiger partial charge is 0.338 e. The second kappa shape index (κ2) is 6.45. The quantitative estimate of drug-likeness (QED) is 0.635. The molecule has 0 heterocycles. The van der Waals surface area contributed by atoms with Gasteiger partial charge in [0.1, 0.15) is 11.6 Å². The molecule has 0 atom stereocenters. The molecule has 0 fully saturated rings. The molecule has 0 bridgehead atoms. The van der Waals surface area contributed by atoms with Crippen LogP contribution in [0, 0.1) is 11.6 Å². The Morgan fingerprint density at radius 3 is 2.40 bits per heavy atom. The topological polar surface area (TPSA) is 122 Å². The predicted octanol–water partition coefficient (Wildman–Crippen LogP) is 0.660. The fourth-order valence-corrected chi connectivity index (χ4v) is 1.27. The van der Waals surface area contributed by atoms with Gasteiger partial charge in [-0.25, -0.2) is 18.4 Å². The summed E-state index contributed by atoms with van der Waals surface area (Å²) in [5.41, 5.74) is 3.57. The molecule has 0 aliphatic carbocycles. The molecule has 0 spiro atoms. The Bertz CT molecular complexity index is 563. The molecule has 108 valence electrons. The van der Waals surface area contributed by atoms with Gasteiger partial charge in [0.2, 0.25) is 5.91 Å². The normalized spacial score (nSPS) is 9.90. The zero-order valence-electron chi connectivity index (χ0n) is 10.1. The van der Waals surface area contributed by atoms with Crippen LogP contribution in [0.4, 0.5) is 19.3 Å². The van der Waals surface area contributed by atoms with Crippen molar-refractivity contribution in [3.63, 3.8) is 0 Å². The molecule has 0 radical (unpaired) electrons. The van der Waals surface area contributed by atoms with Crippen molar-refractivity contribution >= 4 is 23.6 Å². The monoisotopic (exact) mass is 287 g/mol. The third-order valence-corrected chi connectivity index (χ3v) is 2.19. The molecule has 9 heteroatoms. The van der Waals surface area contributed by atoms with Crippen LogP contribution in [-0.2, 0) is 4.79 Å². The molecule has 0 saturated heterocycles. The highest BCUT2D eigenvalue weighted by Crippen LogP contribution is 2.19. The number of urea groups is 1. The molecule has 7 nitrogen and oxygen atoms in total. The summed E-state index contributed by atoms with van der Waals surface area (Å²) >= 11 is 0. The minimum atomic E-state index is -1.60. The van der Waals surface area contributed by atoms with E-state index < -0.39 is 40.8 Å². The summed E-state index contributed by atoms with van der Waals surface area (Å²) in [6.45, 7) is -0.0736. The van der Waals surface area contributed by atoms with Gasteiger partial charge in [-0.3, -0.25) is 4.79 Å². The number of carboxylic acids is 1. The van der Waals surface area contributed by atoms with Crippen molar-refractivity contribution in [1.29, 1.82) is 0 Å². The van der Waals surface area contributed by atoms with E-state index in [0.717, 1.165) is 0 Å². The van der Waals surface area contributed by atoms with Gasteiger partial charge in [0, 0.05) is 19.0 Å². The van der Waals surface area contributed by atoms with Crippen molar-refractivity contribution < 1.29 is 28.3 Å². The number of nitrogens with one attached hydrogen (secondary N) is 2. The van der Waals surface area contributed by atoms with Crippen LogP contribution in [0.5, 0.6) is 0 Å². The molecule has 0 unspecified atom stereocenters. The van der Waals surface area contributed by atoms with Crippen molar-refractivity contribution in [3.8, 4) is 0 Å². The molecule has 1 aromatic rings. The second-order valence-electron chi connectivity index (χ2n) is 3.71. The average Bonchev–Trinajstić information content (AvgIpc) is 2.31. The molecule has 1 aromatic carbocycles. The van der Waals surface area contributed by atoms with Crippen molar-refractivity contribution in [2.45, 2.75) is 6.42 Å². The van der Waals surface area contributed by atoms with E-state index in [1.165, 1.54) is 0 Å². The maximum absolute atomic E-state index is 13.4. The molecule has 20 heavy (non-hydrogen) atoms. The number of hydrogen-bond acceptors (Lipinski definition) is 3. The third kappa shape index (κ3) is 4.19. The highest BCUT2D eigenvalue weighted by molar-refractivity contribution is 5.93. The number of halogens is 2. The van der Waals surface area contributed by atoms with Gasteiger partial charge in [0.15, 0.2) is 0 Å². The Labute approximate surface area is 111 Å². The summed E-state index contributed by atoms with van der Waals surface area (Å²) in [5, 5.41) is 12.9. The van der Waals surface area contributed by atoms with Crippen LogP contribution in [0.25, 0.3) is 0 Å². The summed E-state index contributed by atoms with van der Waals surface area (Å²) in [6.07, 6.45) is -0.111. The van der Waals surface area contributed by atoms with Crippen molar-refractivity contribution in [3.05, 3.63) is 29.3 Å². The first-order chi connectivity index (χ1) is 9.31. The minimum Gasteiger partial charge on any atom is -0.478 e. The van der Waals surface area contributed by atoms with Crippen LogP contribution in [0.2, 0.25) is 0 Å². The molecule has 3 amide bonds. The summed E-state index contributed by atoms with van der Waals surface area (Å²) in [6, 6.07) is 0.122. The number of benzene rings is 1. The fourth-order valence-electron chi connectivity index (χ4n) is 1.27. The first kappa shape index (κ1) is 15.3. The largest absolute Gasteiger partial charge is 0.478 e. The average molecular weight is 287 g/mol.